The summed E-state index contributed by atoms with van der Waals surface area (Å²) >= 11 is 0. The maximum Gasteiger partial charge on any atom is 0.330 e. The van der Waals surface area contributed by atoms with E-state index < -0.39 is 55.3 Å². The van der Waals surface area contributed by atoms with Crippen LogP contribution in [0.3, 0.4) is 0 Å². The van der Waals surface area contributed by atoms with Crippen molar-refractivity contribution in [3.05, 3.63) is 61.8 Å². The lowest BCUT2D eigenvalue weighted by molar-refractivity contribution is -0.263. The molecule has 79 heavy (non-hydrogen) atoms. The summed E-state index contributed by atoms with van der Waals surface area (Å²) in [4.78, 5) is 26.9. The Bertz CT molecular complexity index is 2100. The van der Waals surface area contributed by atoms with Crippen LogP contribution in [0.1, 0.15) is 174 Å². The third kappa shape index (κ3) is 17.2. The van der Waals surface area contributed by atoms with Crippen LogP contribution in [0.5, 0.6) is 0 Å². The Morgan fingerprint density at radius 2 is 1.28 bits per heavy atom. The van der Waals surface area contributed by atoms with E-state index in [-0.39, 0.29) is 99.7 Å². The second-order valence-electron chi connectivity index (χ2n) is 29.5. The molecule has 5 saturated heterocycles. The summed E-state index contributed by atoms with van der Waals surface area (Å²) in [6.45, 7) is 62.2. The molecule has 5 fully saturated rings. The number of ether oxygens (including phenoxy) is 6. The van der Waals surface area contributed by atoms with Crippen LogP contribution < -0.4 is 0 Å². The molecule has 0 aromatic rings. The third-order valence-electron chi connectivity index (χ3n) is 20.2. The van der Waals surface area contributed by atoms with Crippen LogP contribution in [0.2, 0.25) is 54.4 Å². The van der Waals surface area contributed by atoms with E-state index in [4.69, 9.17) is 41.7 Å². The number of esters is 1. The maximum absolute atomic E-state index is 14.2. The summed E-state index contributed by atoms with van der Waals surface area (Å²) in [5, 5.41) is -0.184. The predicted molar refractivity (Wildman–Crippen MR) is 330 cm³/mol. The van der Waals surface area contributed by atoms with E-state index in [0.29, 0.717) is 31.6 Å². The summed E-state index contributed by atoms with van der Waals surface area (Å²) in [5.74, 6) is 0.177. The van der Waals surface area contributed by atoms with Crippen molar-refractivity contribution in [3.8, 4) is 0 Å². The Kier molecular flexibility index (Phi) is 23.6. The highest BCUT2D eigenvalue weighted by atomic mass is 28.4. The van der Waals surface area contributed by atoms with E-state index in [1.807, 2.05) is 12.2 Å². The highest BCUT2D eigenvalue weighted by molar-refractivity contribution is 6.75. The number of allylic oxidation sites excluding steroid dienone is 2. The van der Waals surface area contributed by atoms with Crippen LogP contribution in [0.25, 0.3) is 0 Å². The fourth-order valence-electron chi connectivity index (χ4n) is 11.8. The first-order chi connectivity index (χ1) is 36.4. The van der Waals surface area contributed by atoms with Gasteiger partial charge in [-0.25, -0.2) is 4.79 Å². The molecule has 0 aromatic carbocycles. The average molecular weight is 1160 g/mol. The van der Waals surface area contributed by atoms with Gasteiger partial charge in [0.05, 0.1) is 73.2 Å². The minimum Gasteiger partial charge on any atom is -0.456 e. The molecule has 0 N–H and O–H groups in total. The van der Waals surface area contributed by atoms with Gasteiger partial charge < -0.3 is 41.7 Å². The zero-order chi connectivity index (χ0) is 59.4. The molecule has 0 saturated carbocycles. The molecule has 5 rings (SSSR count). The van der Waals surface area contributed by atoms with Gasteiger partial charge in [0.1, 0.15) is 12.2 Å². The monoisotopic (exact) mass is 1150 g/mol. The van der Waals surface area contributed by atoms with Gasteiger partial charge in [0.15, 0.2) is 30.7 Å². The molecule has 5 heterocycles. The second kappa shape index (κ2) is 27.5. The second-order valence-corrected chi connectivity index (χ2v) is 43.7. The van der Waals surface area contributed by atoms with Crippen LogP contribution in [-0.4, -0.2) is 122 Å². The maximum atomic E-state index is 14.2. The molecule has 0 amide bonds. The van der Waals surface area contributed by atoms with Crippen molar-refractivity contribution in [2.24, 2.45) is 23.7 Å². The highest BCUT2D eigenvalue weighted by Gasteiger charge is 2.56. The van der Waals surface area contributed by atoms with Crippen LogP contribution in [0, 0.1) is 23.7 Å². The number of rotatable bonds is 24. The van der Waals surface area contributed by atoms with Gasteiger partial charge in [-0.3, -0.25) is 4.79 Å². The smallest absolute Gasteiger partial charge is 0.330 e. The Labute approximate surface area is 484 Å². The molecule has 0 spiro atoms. The Morgan fingerprint density at radius 1 is 0.671 bits per heavy atom. The molecule has 18 atom stereocenters. The molecule has 14 heteroatoms. The number of ketones is 1. The third-order valence-corrected chi connectivity index (χ3v) is 33.6. The van der Waals surface area contributed by atoms with Gasteiger partial charge in [0.25, 0.3) is 0 Å². The zero-order valence-electron chi connectivity index (χ0n) is 53.5. The van der Waals surface area contributed by atoms with Crippen molar-refractivity contribution in [1.29, 1.82) is 0 Å². The molecule has 11 nitrogen and oxygen atoms in total. The van der Waals surface area contributed by atoms with E-state index >= 15 is 0 Å². The quantitative estimate of drug-likeness (QED) is 0.0398. The van der Waals surface area contributed by atoms with Crippen LogP contribution >= 0.6 is 0 Å². The van der Waals surface area contributed by atoms with E-state index in [9.17, 15) is 9.59 Å². The van der Waals surface area contributed by atoms with Gasteiger partial charge in [0.2, 0.25) is 0 Å². The highest BCUT2D eigenvalue weighted by Crippen LogP contribution is 2.48. The first-order valence-electron chi connectivity index (χ1n) is 30.8. The lowest BCUT2D eigenvalue weighted by Crippen LogP contribution is -2.65. The van der Waals surface area contributed by atoms with Gasteiger partial charge in [-0.05, 0) is 141 Å². The van der Waals surface area contributed by atoms with Gasteiger partial charge in [-0.1, -0.05) is 135 Å². The number of carbonyl (C=O) groups is 2. The van der Waals surface area contributed by atoms with Gasteiger partial charge in [-0.2, -0.15) is 0 Å². The fourth-order valence-corrected chi connectivity index (χ4v) is 15.7. The Morgan fingerprint density at radius 3 is 1.86 bits per heavy atom. The first kappa shape index (κ1) is 68.0. The fraction of sp³-hybridized carbons (Fsp3) is 0.815. The van der Waals surface area contributed by atoms with Crippen molar-refractivity contribution >= 4 is 36.7 Å². The summed E-state index contributed by atoms with van der Waals surface area (Å²) < 4.78 is 63.1. The van der Waals surface area contributed by atoms with Crippen LogP contribution in [0.15, 0.2) is 61.8 Å². The Hall–Kier alpha value is -1.83. The molecule has 3 unspecified atom stereocenters. The van der Waals surface area contributed by atoms with E-state index in [2.05, 4.69) is 163 Å². The minimum absolute atomic E-state index is 0.0145. The number of hydrogen-bond acceptors (Lipinski definition) is 11. The topological polar surface area (TPSA) is 117 Å². The molecule has 452 valence electrons. The van der Waals surface area contributed by atoms with Gasteiger partial charge in [0, 0.05) is 30.8 Å². The summed E-state index contributed by atoms with van der Waals surface area (Å²) in [6.07, 6.45) is 12.8. The average Bonchev–Trinajstić information content (AvgIpc) is 3.82. The summed E-state index contributed by atoms with van der Waals surface area (Å²) in [6, 6.07) is 0. The zero-order valence-corrected chi connectivity index (χ0v) is 56.5. The standard InChI is InChI=1S/C65H114O11Si3/c1-25-28-30-52-45(8)60(75-78(21,22)64(13,14)15)62(76-79(23,24)65(16,17)18)61(72-52)53(74-77(19,20)63(10,11)12)35-32-47(66)31-33-48-38-42(5)51(68-48)36-34-49-37-41(4)44(7)54(69-49)40-56-59(73-57(67)27-3)46(9)58-55(70-56)39-43(6)50(71-58)29-26-2/h25,27,32,35,41,43,45-46,48-56,58-62H,1,3,5,7,26,28-31,33-34,36-40H2,2,4,6,8-24H3/b35-32+/t41-,43?,45+,46+,48+,49+,50-,51?,52+,53+,54-,55+,56?,58+,59-,60+,61+,62+/m1/s1. The van der Waals surface area contributed by atoms with Gasteiger partial charge in [-0.15, -0.1) is 6.58 Å². The SMILES string of the molecule is C=CCC[C@@H]1O[C@@H]([C@H](/C=C/C(=O)CC[C@H]2CC(=C)C(CC[C@H]3C[C@@H](C)C(=C)[C@@H](CC4O[C@H]5CC(C)[C@@H](CCC)O[C@H]5[C@H](C)[C@H]4OC(=O)C=C)O3)O2)O[Si](C)(C)C(C)(C)C)[C@@H](O[Si](C)(C)C(C)(C)C)[C@@H](O[Si](C)(C)C(C)(C)C)[C@H]1C. The summed E-state index contributed by atoms with van der Waals surface area (Å²) in [5.41, 5.74) is 2.11. The van der Waals surface area contributed by atoms with Crippen molar-refractivity contribution in [2.45, 2.75) is 314 Å². The lowest BCUT2D eigenvalue weighted by atomic mass is 9.78. The van der Waals surface area contributed by atoms with Crippen LogP contribution in [0.4, 0.5) is 0 Å². The number of fused-ring (bicyclic) bond motifs is 1. The molecule has 0 radical (unpaired) electrons. The molecule has 0 aliphatic carbocycles. The van der Waals surface area contributed by atoms with Gasteiger partial charge >= 0.3 is 5.97 Å². The van der Waals surface area contributed by atoms with Crippen molar-refractivity contribution in [1.82, 2.24) is 0 Å². The van der Waals surface area contributed by atoms with E-state index in [1.54, 1.807) is 6.08 Å². The van der Waals surface area contributed by atoms with Crippen molar-refractivity contribution in [3.63, 3.8) is 0 Å². The normalized spacial score (nSPS) is 34.8. The van der Waals surface area contributed by atoms with Crippen molar-refractivity contribution < 1.29 is 51.3 Å². The molecule has 0 bridgehead atoms. The van der Waals surface area contributed by atoms with E-state index in [1.165, 1.54) is 6.08 Å². The molecule has 5 aliphatic heterocycles. The first-order valence-corrected chi connectivity index (χ1v) is 39.5. The molecule has 5 aliphatic rings. The molecular formula is C65H114O11Si3. The summed E-state index contributed by atoms with van der Waals surface area (Å²) in [7, 11) is -7.16. The lowest BCUT2D eigenvalue weighted by Gasteiger charge is -2.54. The van der Waals surface area contributed by atoms with Crippen molar-refractivity contribution in [2.75, 3.05) is 0 Å². The largest absolute Gasteiger partial charge is 0.456 e. The predicted octanol–water partition coefficient (Wildman–Crippen LogP) is 15.8. The van der Waals surface area contributed by atoms with E-state index in [0.717, 1.165) is 62.5 Å². The minimum atomic E-state index is -2.44. The molecular weight excluding hydrogens is 1040 g/mol. The number of hydrogen-bond donors (Lipinski definition) is 0. The van der Waals surface area contributed by atoms with Crippen LogP contribution in [-0.2, 0) is 51.3 Å². The Balaban J connectivity index is 1.29. The number of carbonyl (C=O) groups excluding carboxylic acids is 2. The molecule has 0 aromatic heterocycles.